The van der Waals surface area contributed by atoms with Crippen LogP contribution in [0.2, 0.25) is 0 Å². The van der Waals surface area contributed by atoms with E-state index in [0.29, 0.717) is 35.2 Å². The number of aromatic carboxylic acids is 1. The van der Waals surface area contributed by atoms with Crippen LogP contribution in [-0.2, 0) is 0 Å². The minimum Gasteiger partial charge on any atom is -0.478 e. The van der Waals surface area contributed by atoms with Crippen LogP contribution >= 0.6 is 24.8 Å². The molecule has 43 heavy (non-hydrogen) atoms. The largest absolute Gasteiger partial charge is 0.478 e. The molecule has 5 aliphatic carbocycles. The summed E-state index contributed by atoms with van der Waals surface area (Å²) in [6, 6.07) is 3.30. The Labute approximate surface area is 271 Å². The highest BCUT2D eigenvalue weighted by molar-refractivity contribution is 5.89. The summed E-state index contributed by atoms with van der Waals surface area (Å²) < 4.78 is 15.2. The van der Waals surface area contributed by atoms with Crippen molar-refractivity contribution >= 4 is 36.4 Å². The first-order valence-corrected chi connectivity index (χ1v) is 16.2. The van der Waals surface area contributed by atoms with E-state index in [1.54, 1.807) is 6.92 Å². The molecule has 6 heteroatoms. The molecule has 4 fully saturated rings. The lowest BCUT2D eigenvalue weighted by molar-refractivity contribution is -0.217. The Morgan fingerprint density at radius 3 is 2.26 bits per heavy atom. The maximum Gasteiger partial charge on any atom is 0.338 e. The monoisotopic (exact) mass is 633 g/mol. The van der Waals surface area contributed by atoms with Crippen LogP contribution in [0.25, 0.3) is 5.57 Å². The van der Waals surface area contributed by atoms with Gasteiger partial charge in [0.15, 0.2) is 0 Å². The fourth-order valence-electron chi connectivity index (χ4n) is 12.4. The second-order valence-electron chi connectivity index (χ2n) is 16.4. The van der Waals surface area contributed by atoms with Gasteiger partial charge in [0.2, 0.25) is 0 Å². The molecule has 0 radical (unpaired) electrons. The summed E-state index contributed by atoms with van der Waals surface area (Å²) in [7, 11) is 0. The molecular formula is C37H54Cl2FNO2. The van der Waals surface area contributed by atoms with Crippen molar-refractivity contribution in [3.05, 3.63) is 52.9 Å². The third-order valence-electron chi connectivity index (χ3n) is 14.6. The Hall–Kier alpha value is -1.36. The molecule has 0 aliphatic heterocycles. The molecule has 0 spiro atoms. The summed E-state index contributed by atoms with van der Waals surface area (Å²) in [5.41, 5.74) is 11.4. The first kappa shape index (κ1) is 34.5. The smallest absolute Gasteiger partial charge is 0.338 e. The highest BCUT2D eigenvalue weighted by Gasteiger charge is 2.70. The van der Waals surface area contributed by atoms with E-state index in [2.05, 4.69) is 54.2 Å². The van der Waals surface area contributed by atoms with Crippen molar-refractivity contribution in [1.82, 2.24) is 0 Å². The second-order valence-corrected chi connectivity index (χ2v) is 16.4. The van der Waals surface area contributed by atoms with E-state index in [4.69, 9.17) is 5.73 Å². The quantitative estimate of drug-likeness (QED) is 0.325. The average Bonchev–Trinajstić information content (AvgIpc) is 3.24. The molecule has 5 aliphatic rings. The number of fused-ring (bicyclic) bond motifs is 7. The van der Waals surface area contributed by atoms with Gasteiger partial charge in [-0.15, -0.1) is 24.8 Å². The molecule has 240 valence electrons. The molecular weight excluding hydrogens is 580 g/mol. The van der Waals surface area contributed by atoms with Gasteiger partial charge in [0.25, 0.3) is 0 Å². The van der Waals surface area contributed by atoms with Gasteiger partial charge in [0, 0.05) is 5.54 Å². The van der Waals surface area contributed by atoms with Crippen LogP contribution in [0, 0.1) is 64.0 Å². The Balaban J connectivity index is 0.00000212. The molecule has 4 saturated carbocycles. The van der Waals surface area contributed by atoms with Crippen LogP contribution in [0.1, 0.15) is 121 Å². The Morgan fingerprint density at radius 1 is 0.953 bits per heavy atom. The number of hydrogen-bond acceptors (Lipinski definition) is 2. The maximum atomic E-state index is 15.2. The first-order chi connectivity index (χ1) is 19.0. The molecule has 9 atom stereocenters. The highest BCUT2D eigenvalue weighted by atomic mass is 35.5. The van der Waals surface area contributed by atoms with Crippen molar-refractivity contribution in [2.24, 2.45) is 57.0 Å². The molecule has 0 bridgehead atoms. The number of nitrogens with two attached hydrogens (primary N) is 1. The number of benzene rings is 1. The van der Waals surface area contributed by atoms with Crippen LogP contribution in [0.15, 0.2) is 30.4 Å². The zero-order chi connectivity index (χ0) is 29.9. The third-order valence-corrected chi connectivity index (χ3v) is 14.6. The summed E-state index contributed by atoms with van der Waals surface area (Å²) in [5, 5.41) is 9.46. The van der Waals surface area contributed by atoms with Crippen molar-refractivity contribution in [3.8, 4) is 0 Å². The second kappa shape index (κ2) is 10.9. The molecule has 6 rings (SSSR count). The average molecular weight is 635 g/mol. The number of rotatable bonds is 3. The lowest BCUT2D eigenvalue weighted by Gasteiger charge is -2.72. The van der Waals surface area contributed by atoms with Crippen LogP contribution in [0.4, 0.5) is 4.39 Å². The minimum atomic E-state index is -1.21. The first-order valence-electron chi connectivity index (χ1n) is 16.2. The van der Waals surface area contributed by atoms with Gasteiger partial charge in [-0.25, -0.2) is 9.18 Å². The van der Waals surface area contributed by atoms with E-state index in [-0.39, 0.29) is 57.6 Å². The van der Waals surface area contributed by atoms with Crippen molar-refractivity contribution in [2.75, 3.05) is 0 Å². The molecule has 1 aromatic rings. The fraction of sp³-hybridized carbons (Fsp3) is 0.703. The maximum absolute atomic E-state index is 15.2. The summed E-state index contributed by atoms with van der Waals surface area (Å²) in [4.78, 5) is 11.6. The zero-order valence-electron chi connectivity index (χ0n) is 27.3. The molecule has 0 saturated heterocycles. The summed E-state index contributed by atoms with van der Waals surface area (Å²) in [6.45, 7) is 21.0. The molecule has 0 heterocycles. The van der Waals surface area contributed by atoms with Crippen LogP contribution in [-0.4, -0.2) is 16.6 Å². The molecule has 3 nitrogen and oxygen atoms in total. The Bertz CT molecular complexity index is 1360. The predicted molar refractivity (Wildman–Crippen MR) is 179 cm³/mol. The standard InChI is InChI=1S/C37H52FNO2.2ClH/c1-21(2)23-13-18-37(39)20-19-35(7)27(30(23)37)11-12-29-34(6)16-14-26(33(4,5)28(34)15-17-36(29,35)8)24-9-10-25(32(40)41)31(38)22(24)3;;/h9-10,14,23,27-30H,1,11-13,15-20,39H2,2-8H3,(H,40,41);2*1H/t23-,27+,28-,29+,30+,34-,35+,36+,37-;;/m0../s1. The highest BCUT2D eigenvalue weighted by Crippen LogP contribution is 2.76. The molecule has 0 aromatic heterocycles. The van der Waals surface area contributed by atoms with Crippen molar-refractivity contribution in [3.63, 3.8) is 0 Å². The Kier molecular flexibility index (Phi) is 8.73. The SMILES string of the molecule is C=C(C)[C@@H]1CC[C@]2(N)CC[C@]3(C)[C@H](CC[C@@H]4[C@@]5(C)CC=C(c6ccc(C(=O)O)c(F)c6C)C(C)(C)[C@@H]5CC[C@]43C)[C@@H]12.Cl.Cl. The van der Waals surface area contributed by atoms with E-state index in [1.165, 1.54) is 55.7 Å². The molecule has 0 amide bonds. The number of carboxylic acid groups (broad SMARTS) is 1. The molecule has 0 unspecified atom stereocenters. The zero-order valence-corrected chi connectivity index (χ0v) is 29.0. The van der Waals surface area contributed by atoms with Crippen LogP contribution in [0.3, 0.4) is 0 Å². The summed E-state index contributed by atoms with van der Waals surface area (Å²) in [5.74, 6) is 1.09. The number of allylic oxidation sites excluding steroid dienone is 3. The van der Waals surface area contributed by atoms with E-state index in [9.17, 15) is 9.90 Å². The van der Waals surface area contributed by atoms with Crippen LogP contribution < -0.4 is 5.73 Å². The van der Waals surface area contributed by atoms with Crippen molar-refractivity contribution < 1.29 is 14.3 Å². The van der Waals surface area contributed by atoms with Gasteiger partial charge >= 0.3 is 5.97 Å². The van der Waals surface area contributed by atoms with E-state index in [0.717, 1.165) is 24.8 Å². The van der Waals surface area contributed by atoms with Crippen LogP contribution in [0.5, 0.6) is 0 Å². The van der Waals surface area contributed by atoms with E-state index in [1.807, 2.05) is 6.07 Å². The lowest BCUT2D eigenvalue weighted by Crippen LogP contribution is -2.67. The summed E-state index contributed by atoms with van der Waals surface area (Å²) >= 11 is 0. The molecule has 3 N–H and O–H groups in total. The van der Waals surface area contributed by atoms with Crippen molar-refractivity contribution in [2.45, 2.75) is 112 Å². The number of halogens is 3. The van der Waals surface area contributed by atoms with Crippen molar-refractivity contribution in [1.29, 1.82) is 0 Å². The topological polar surface area (TPSA) is 63.3 Å². The minimum absolute atomic E-state index is 0. The van der Waals surface area contributed by atoms with Gasteiger partial charge in [0.1, 0.15) is 5.82 Å². The molecule has 1 aromatic carbocycles. The Morgan fingerprint density at radius 2 is 1.63 bits per heavy atom. The predicted octanol–water partition coefficient (Wildman–Crippen LogP) is 10.0. The van der Waals surface area contributed by atoms with Gasteiger partial charge in [-0.2, -0.15) is 0 Å². The van der Waals surface area contributed by atoms with Gasteiger partial charge in [0.05, 0.1) is 5.56 Å². The number of hydrogen-bond donors (Lipinski definition) is 2. The summed E-state index contributed by atoms with van der Waals surface area (Å²) in [6.07, 6.45) is 13.1. The number of carboxylic acids is 1. The fourth-order valence-corrected chi connectivity index (χ4v) is 12.4. The van der Waals surface area contributed by atoms with Gasteiger partial charge in [-0.05, 0) is 146 Å². The third kappa shape index (κ3) is 4.46. The number of carbonyl (C=O) groups is 1. The van der Waals surface area contributed by atoms with E-state index >= 15 is 4.39 Å². The normalized spacial score (nSPS) is 42.5. The van der Waals surface area contributed by atoms with Gasteiger partial charge in [-0.1, -0.05) is 58.9 Å². The van der Waals surface area contributed by atoms with E-state index < -0.39 is 11.8 Å². The van der Waals surface area contributed by atoms with Gasteiger partial charge < -0.3 is 10.8 Å². The van der Waals surface area contributed by atoms with Gasteiger partial charge in [-0.3, -0.25) is 0 Å². The lowest BCUT2D eigenvalue weighted by atomic mass is 9.33.